The predicted octanol–water partition coefficient (Wildman–Crippen LogP) is 2.69. The fourth-order valence-corrected chi connectivity index (χ4v) is 3.50. The summed E-state index contributed by atoms with van der Waals surface area (Å²) >= 11 is 0. The van der Waals surface area contributed by atoms with Crippen LogP contribution in [-0.4, -0.2) is 24.8 Å². The minimum atomic E-state index is -0.203. The van der Waals surface area contributed by atoms with Gasteiger partial charge in [-0.15, -0.1) is 0 Å². The van der Waals surface area contributed by atoms with Gasteiger partial charge >= 0.3 is 5.97 Å². The standard InChI is InChI=1S/C14H23NO2/c1-5-17-13(16)8-15-12-7-10-6-11(9(12)2)14(10,3)4/h9-11H,5-8H2,1-4H3. The molecule has 3 rings (SSSR count). The summed E-state index contributed by atoms with van der Waals surface area (Å²) in [6.07, 6.45) is 2.41. The molecular weight excluding hydrogens is 214 g/mol. The molecule has 17 heavy (non-hydrogen) atoms. The van der Waals surface area contributed by atoms with E-state index in [9.17, 15) is 4.79 Å². The molecular formula is C14H23NO2. The number of esters is 1. The number of carbonyl (C=O) groups excluding carboxylic acids is 1. The zero-order valence-electron chi connectivity index (χ0n) is 11.3. The Morgan fingerprint density at radius 3 is 2.76 bits per heavy atom. The predicted molar refractivity (Wildman–Crippen MR) is 68.1 cm³/mol. The summed E-state index contributed by atoms with van der Waals surface area (Å²) in [5.74, 6) is 1.85. The fraction of sp³-hybridized carbons (Fsp3) is 0.857. The average molecular weight is 237 g/mol. The van der Waals surface area contributed by atoms with Crippen molar-refractivity contribution in [3.63, 3.8) is 0 Å². The quantitative estimate of drug-likeness (QED) is 0.708. The van der Waals surface area contributed by atoms with Crippen molar-refractivity contribution < 1.29 is 9.53 Å². The van der Waals surface area contributed by atoms with E-state index in [0.29, 0.717) is 17.9 Å². The van der Waals surface area contributed by atoms with Gasteiger partial charge in [0.05, 0.1) is 6.61 Å². The molecule has 0 spiro atoms. The van der Waals surface area contributed by atoms with Crippen LogP contribution in [0.15, 0.2) is 4.99 Å². The van der Waals surface area contributed by atoms with Crippen molar-refractivity contribution in [1.29, 1.82) is 0 Å². The summed E-state index contributed by atoms with van der Waals surface area (Å²) in [7, 11) is 0. The van der Waals surface area contributed by atoms with Gasteiger partial charge in [-0.2, -0.15) is 0 Å². The lowest BCUT2D eigenvalue weighted by Crippen LogP contribution is -2.55. The minimum Gasteiger partial charge on any atom is -0.465 e. The van der Waals surface area contributed by atoms with Gasteiger partial charge in [0.15, 0.2) is 0 Å². The molecule has 3 nitrogen and oxygen atoms in total. The Morgan fingerprint density at radius 1 is 1.53 bits per heavy atom. The van der Waals surface area contributed by atoms with Crippen molar-refractivity contribution in [2.75, 3.05) is 13.2 Å². The molecule has 3 atom stereocenters. The molecule has 0 aliphatic heterocycles. The highest BCUT2D eigenvalue weighted by atomic mass is 16.5. The molecule has 0 aromatic rings. The zero-order valence-corrected chi connectivity index (χ0v) is 11.3. The van der Waals surface area contributed by atoms with E-state index in [-0.39, 0.29) is 12.5 Å². The first kappa shape index (κ1) is 12.6. The lowest BCUT2D eigenvalue weighted by Gasteiger charge is -2.59. The van der Waals surface area contributed by atoms with Crippen molar-refractivity contribution in [3.8, 4) is 0 Å². The highest BCUT2D eigenvalue weighted by Gasteiger charge is 2.55. The maximum Gasteiger partial charge on any atom is 0.327 e. The average Bonchev–Trinajstić information content (AvgIpc) is 2.27. The zero-order chi connectivity index (χ0) is 12.6. The Labute approximate surface area is 104 Å². The lowest BCUT2D eigenvalue weighted by molar-refractivity contribution is -0.141. The highest BCUT2D eigenvalue weighted by Crippen LogP contribution is 2.60. The number of carbonyl (C=O) groups is 1. The first-order valence-electron chi connectivity index (χ1n) is 6.65. The van der Waals surface area contributed by atoms with Crippen LogP contribution in [0.2, 0.25) is 0 Å². The molecule has 3 unspecified atom stereocenters. The molecule has 3 aliphatic rings. The summed E-state index contributed by atoms with van der Waals surface area (Å²) in [6, 6.07) is 0. The van der Waals surface area contributed by atoms with Crippen LogP contribution in [0.4, 0.5) is 0 Å². The summed E-state index contributed by atoms with van der Waals surface area (Å²) in [5, 5.41) is 0. The molecule has 0 heterocycles. The summed E-state index contributed by atoms with van der Waals surface area (Å²) in [4.78, 5) is 15.8. The second-order valence-corrected chi connectivity index (χ2v) is 5.97. The Kier molecular flexibility index (Phi) is 3.28. The monoisotopic (exact) mass is 237 g/mol. The van der Waals surface area contributed by atoms with Gasteiger partial charge in [-0.3, -0.25) is 9.79 Å². The second kappa shape index (κ2) is 4.43. The van der Waals surface area contributed by atoms with Crippen LogP contribution in [-0.2, 0) is 9.53 Å². The van der Waals surface area contributed by atoms with Gasteiger partial charge in [0.1, 0.15) is 6.54 Å². The number of rotatable bonds is 3. The van der Waals surface area contributed by atoms with E-state index in [1.165, 1.54) is 12.1 Å². The van der Waals surface area contributed by atoms with E-state index in [0.717, 1.165) is 18.3 Å². The first-order chi connectivity index (χ1) is 7.96. The number of ether oxygens (including phenoxy) is 1. The van der Waals surface area contributed by atoms with Crippen molar-refractivity contribution in [2.24, 2.45) is 28.2 Å². The molecule has 2 bridgehead atoms. The van der Waals surface area contributed by atoms with Gasteiger partial charge in [-0.05, 0) is 42.9 Å². The molecule has 0 aromatic heterocycles. The summed E-state index contributed by atoms with van der Waals surface area (Å²) < 4.78 is 4.90. The van der Waals surface area contributed by atoms with Crippen molar-refractivity contribution in [1.82, 2.24) is 0 Å². The first-order valence-corrected chi connectivity index (χ1v) is 6.65. The van der Waals surface area contributed by atoms with Crippen LogP contribution in [0.25, 0.3) is 0 Å². The van der Waals surface area contributed by atoms with E-state index in [1.54, 1.807) is 0 Å². The smallest absolute Gasteiger partial charge is 0.327 e. The fourth-order valence-electron chi connectivity index (χ4n) is 3.50. The van der Waals surface area contributed by atoms with E-state index >= 15 is 0 Å². The normalized spacial score (nSPS) is 36.5. The molecule has 3 heteroatoms. The van der Waals surface area contributed by atoms with Crippen LogP contribution in [0, 0.1) is 23.2 Å². The van der Waals surface area contributed by atoms with Gasteiger partial charge in [-0.25, -0.2) is 0 Å². The molecule has 3 aliphatic carbocycles. The van der Waals surface area contributed by atoms with Gasteiger partial charge in [0.2, 0.25) is 0 Å². The third-order valence-corrected chi connectivity index (χ3v) is 4.85. The minimum absolute atomic E-state index is 0.202. The number of aliphatic imine (C=N–C) groups is 1. The maximum atomic E-state index is 11.3. The highest BCUT2D eigenvalue weighted by molar-refractivity contribution is 5.90. The molecule has 3 saturated carbocycles. The van der Waals surface area contributed by atoms with Crippen LogP contribution < -0.4 is 0 Å². The number of hydrogen-bond acceptors (Lipinski definition) is 3. The SMILES string of the molecule is CCOC(=O)CN=C1CC2CC(C1C)C2(C)C. The van der Waals surface area contributed by atoms with Crippen LogP contribution in [0.5, 0.6) is 0 Å². The van der Waals surface area contributed by atoms with Crippen molar-refractivity contribution in [3.05, 3.63) is 0 Å². The van der Waals surface area contributed by atoms with Gasteiger partial charge in [0, 0.05) is 5.71 Å². The molecule has 0 aromatic carbocycles. The van der Waals surface area contributed by atoms with Crippen molar-refractivity contribution >= 4 is 11.7 Å². The molecule has 3 fully saturated rings. The third-order valence-electron chi connectivity index (χ3n) is 4.85. The van der Waals surface area contributed by atoms with E-state index in [2.05, 4.69) is 25.8 Å². The van der Waals surface area contributed by atoms with Gasteiger partial charge in [-0.1, -0.05) is 20.8 Å². The van der Waals surface area contributed by atoms with E-state index in [4.69, 9.17) is 4.74 Å². The molecule has 0 radical (unpaired) electrons. The molecule has 96 valence electrons. The number of hydrogen-bond donors (Lipinski definition) is 0. The molecule has 0 amide bonds. The van der Waals surface area contributed by atoms with Crippen LogP contribution >= 0.6 is 0 Å². The number of fused-ring (bicyclic) bond motifs is 2. The maximum absolute atomic E-state index is 11.3. The van der Waals surface area contributed by atoms with E-state index in [1.807, 2.05) is 6.92 Å². The third kappa shape index (κ3) is 2.12. The van der Waals surface area contributed by atoms with Crippen LogP contribution in [0.3, 0.4) is 0 Å². The Balaban J connectivity index is 1.96. The molecule has 0 saturated heterocycles. The second-order valence-electron chi connectivity index (χ2n) is 5.97. The van der Waals surface area contributed by atoms with Gasteiger partial charge < -0.3 is 4.74 Å². The van der Waals surface area contributed by atoms with Crippen molar-refractivity contribution in [2.45, 2.75) is 40.5 Å². The number of nitrogens with zero attached hydrogens (tertiary/aromatic N) is 1. The molecule has 0 N–H and O–H groups in total. The largest absolute Gasteiger partial charge is 0.465 e. The van der Waals surface area contributed by atoms with E-state index < -0.39 is 0 Å². The Morgan fingerprint density at radius 2 is 2.24 bits per heavy atom. The summed E-state index contributed by atoms with van der Waals surface area (Å²) in [5.41, 5.74) is 1.71. The summed E-state index contributed by atoms with van der Waals surface area (Å²) in [6.45, 7) is 9.46. The van der Waals surface area contributed by atoms with Gasteiger partial charge in [0.25, 0.3) is 0 Å². The Bertz CT molecular complexity index is 346. The lowest BCUT2D eigenvalue weighted by atomic mass is 9.45. The topological polar surface area (TPSA) is 38.7 Å². The van der Waals surface area contributed by atoms with Crippen LogP contribution in [0.1, 0.15) is 40.5 Å². The Hall–Kier alpha value is -0.860.